The van der Waals surface area contributed by atoms with Crippen molar-refractivity contribution in [1.29, 1.82) is 0 Å². The molecule has 3 aromatic carbocycles. The average Bonchev–Trinajstić information content (AvgIpc) is 3.04. The molecule has 10 heteroatoms. The van der Waals surface area contributed by atoms with Crippen LogP contribution in [0.5, 0.6) is 5.75 Å². The number of amides is 2. The topological polar surface area (TPSA) is 46.6 Å². The third-order valence-electron chi connectivity index (χ3n) is 4.90. The molecule has 34 heavy (non-hydrogen) atoms. The molecule has 1 aliphatic heterocycles. The van der Waals surface area contributed by atoms with Gasteiger partial charge in [-0.2, -0.15) is 0 Å². The summed E-state index contributed by atoms with van der Waals surface area (Å²) in [6.07, 6.45) is 1.56. The number of carbonyl (C=O) groups excluding carboxylic acids is 2. The lowest BCUT2D eigenvalue weighted by molar-refractivity contribution is -0.123. The zero-order valence-electron chi connectivity index (χ0n) is 17.2. The molecule has 0 N–H and O–H groups in total. The van der Waals surface area contributed by atoms with Crippen LogP contribution in [0.3, 0.4) is 0 Å². The number of nitrogens with zero attached hydrogens (tertiary/aromatic N) is 1. The monoisotopic (exact) mass is 627 g/mol. The molecule has 1 fully saturated rings. The highest BCUT2D eigenvalue weighted by atomic mass is 79.9. The molecule has 4 rings (SSSR count). The molecule has 0 unspecified atom stereocenters. The van der Waals surface area contributed by atoms with Crippen molar-refractivity contribution >= 4 is 72.4 Å². The maximum atomic E-state index is 14.1. The van der Waals surface area contributed by atoms with Gasteiger partial charge in [-0.1, -0.05) is 35.9 Å². The lowest BCUT2D eigenvalue weighted by atomic mass is 10.2. The summed E-state index contributed by atoms with van der Waals surface area (Å²) in [6, 6.07) is 13.9. The summed E-state index contributed by atoms with van der Waals surface area (Å²) in [4.78, 5) is 26.4. The molecule has 174 valence electrons. The number of carbonyl (C=O) groups is 2. The lowest BCUT2D eigenvalue weighted by Crippen LogP contribution is -2.28. The van der Waals surface area contributed by atoms with E-state index in [9.17, 15) is 18.4 Å². The second-order valence-corrected chi connectivity index (χ2v) is 10.3. The molecule has 2 amide bonds. The van der Waals surface area contributed by atoms with Gasteiger partial charge in [-0.05, 0) is 85.6 Å². The van der Waals surface area contributed by atoms with Gasteiger partial charge < -0.3 is 4.74 Å². The summed E-state index contributed by atoms with van der Waals surface area (Å²) in [6.45, 7) is -0.232. The zero-order chi connectivity index (χ0) is 24.4. The Balaban J connectivity index is 1.53. The molecule has 4 nitrogen and oxygen atoms in total. The van der Waals surface area contributed by atoms with E-state index in [1.807, 2.05) is 0 Å². The number of hydrogen-bond donors (Lipinski definition) is 0. The van der Waals surface area contributed by atoms with Crippen molar-refractivity contribution in [3.63, 3.8) is 0 Å². The number of halogens is 5. The van der Waals surface area contributed by atoms with Gasteiger partial charge in [-0.15, -0.1) is 0 Å². The van der Waals surface area contributed by atoms with Gasteiger partial charge in [0.05, 0.1) is 20.4 Å². The predicted octanol–water partition coefficient (Wildman–Crippen LogP) is 7.96. The van der Waals surface area contributed by atoms with Crippen molar-refractivity contribution in [3.05, 3.63) is 102 Å². The summed E-state index contributed by atoms with van der Waals surface area (Å²) >= 11 is 13.7. The fourth-order valence-corrected chi connectivity index (χ4v) is 5.71. The van der Waals surface area contributed by atoms with Gasteiger partial charge >= 0.3 is 0 Å². The maximum absolute atomic E-state index is 14.1. The molecule has 0 aliphatic carbocycles. The molecule has 0 atom stereocenters. The minimum atomic E-state index is -0.589. The molecule has 0 spiro atoms. The van der Waals surface area contributed by atoms with E-state index in [-0.39, 0.29) is 34.5 Å². The lowest BCUT2D eigenvalue weighted by Gasteiger charge is -2.14. The van der Waals surface area contributed by atoms with Crippen LogP contribution in [0.15, 0.2) is 68.4 Å². The Labute approximate surface area is 220 Å². The highest BCUT2D eigenvalue weighted by molar-refractivity contribution is 9.11. The molecule has 0 saturated carbocycles. The van der Waals surface area contributed by atoms with Crippen LogP contribution >= 0.6 is 55.2 Å². The minimum Gasteiger partial charge on any atom is -0.486 e. The Hall–Kier alpha value is -2.20. The smallest absolute Gasteiger partial charge is 0.293 e. The van der Waals surface area contributed by atoms with Crippen molar-refractivity contribution in [1.82, 2.24) is 4.90 Å². The van der Waals surface area contributed by atoms with Gasteiger partial charge in [0.25, 0.3) is 11.1 Å². The fourth-order valence-electron chi connectivity index (χ4n) is 3.20. The van der Waals surface area contributed by atoms with Crippen LogP contribution in [0.1, 0.15) is 16.7 Å². The summed E-state index contributed by atoms with van der Waals surface area (Å²) in [5, 5.41) is -0.375. The van der Waals surface area contributed by atoms with Crippen LogP contribution in [0, 0.1) is 11.6 Å². The van der Waals surface area contributed by atoms with Gasteiger partial charge in [0.2, 0.25) is 0 Å². The van der Waals surface area contributed by atoms with Gasteiger partial charge in [0, 0.05) is 16.1 Å². The largest absolute Gasteiger partial charge is 0.486 e. The second kappa shape index (κ2) is 10.6. The average molecular weight is 630 g/mol. The number of thioether (sulfide) groups is 1. The molecule has 1 saturated heterocycles. The van der Waals surface area contributed by atoms with Crippen molar-refractivity contribution in [2.24, 2.45) is 0 Å². The molecule has 0 radical (unpaired) electrons. The Morgan fingerprint density at radius 3 is 2.35 bits per heavy atom. The molecular formula is C24H14Br2ClF2NO3S. The third kappa shape index (κ3) is 5.38. The second-order valence-electron chi connectivity index (χ2n) is 7.16. The van der Waals surface area contributed by atoms with Crippen molar-refractivity contribution < 1.29 is 23.1 Å². The SMILES string of the molecule is O=C1S/C(=C/c2cc(Br)c(OCc3ccccc3F)c(Br)c2)C(=O)N1Cc1c(F)cccc1Cl. The van der Waals surface area contributed by atoms with Gasteiger partial charge in [-0.3, -0.25) is 14.5 Å². The highest BCUT2D eigenvalue weighted by Gasteiger charge is 2.36. The summed E-state index contributed by atoms with van der Waals surface area (Å²) in [7, 11) is 0. The first kappa shape index (κ1) is 24.9. The summed E-state index contributed by atoms with van der Waals surface area (Å²) in [5.74, 6) is -1.03. The first-order chi connectivity index (χ1) is 16.2. The third-order valence-corrected chi connectivity index (χ3v) is 7.34. The van der Waals surface area contributed by atoms with E-state index in [1.54, 1.807) is 36.4 Å². The first-order valence-corrected chi connectivity index (χ1v) is 12.6. The van der Waals surface area contributed by atoms with Crippen LogP contribution in [0.25, 0.3) is 6.08 Å². The Bertz CT molecular complexity index is 1290. The summed E-state index contributed by atoms with van der Waals surface area (Å²) < 4.78 is 34.9. The number of benzene rings is 3. The number of ether oxygens (including phenoxy) is 1. The van der Waals surface area contributed by atoms with E-state index in [4.69, 9.17) is 16.3 Å². The highest BCUT2D eigenvalue weighted by Crippen LogP contribution is 2.39. The summed E-state index contributed by atoms with van der Waals surface area (Å²) in [5.41, 5.74) is 1.11. The number of hydrogen-bond acceptors (Lipinski definition) is 4. The van der Waals surface area contributed by atoms with E-state index in [2.05, 4.69) is 31.9 Å². The van der Waals surface area contributed by atoms with Crippen LogP contribution < -0.4 is 4.74 Å². The van der Waals surface area contributed by atoms with Gasteiger partial charge in [0.15, 0.2) is 0 Å². The van der Waals surface area contributed by atoms with Crippen LogP contribution in [-0.4, -0.2) is 16.0 Å². The first-order valence-electron chi connectivity index (χ1n) is 9.78. The normalized spacial score (nSPS) is 14.9. The van der Waals surface area contributed by atoms with E-state index < -0.39 is 17.0 Å². The van der Waals surface area contributed by atoms with Gasteiger partial charge in [0.1, 0.15) is 24.0 Å². The Morgan fingerprint density at radius 2 is 1.68 bits per heavy atom. The minimum absolute atomic E-state index is 0.0285. The fraction of sp³-hybridized carbons (Fsp3) is 0.0833. The zero-order valence-corrected chi connectivity index (χ0v) is 21.9. The Morgan fingerprint density at radius 1 is 1.00 bits per heavy atom. The molecule has 0 bridgehead atoms. The van der Waals surface area contributed by atoms with Crippen LogP contribution in [0.2, 0.25) is 5.02 Å². The molecule has 3 aromatic rings. The van der Waals surface area contributed by atoms with Crippen LogP contribution in [-0.2, 0) is 17.9 Å². The van der Waals surface area contributed by atoms with Gasteiger partial charge in [-0.25, -0.2) is 8.78 Å². The van der Waals surface area contributed by atoms with Crippen molar-refractivity contribution in [2.45, 2.75) is 13.2 Å². The Kier molecular flexibility index (Phi) is 7.77. The quantitative estimate of drug-likeness (QED) is 0.260. The van der Waals surface area contributed by atoms with E-state index in [0.717, 1.165) is 16.7 Å². The van der Waals surface area contributed by atoms with Crippen LogP contribution in [0.4, 0.5) is 13.6 Å². The predicted molar refractivity (Wildman–Crippen MR) is 135 cm³/mol. The van der Waals surface area contributed by atoms with E-state index >= 15 is 0 Å². The van der Waals surface area contributed by atoms with Crippen molar-refractivity contribution in [3.8, 4) is 5.75 Å². The molecule has 1 heterocycles. The van der Waals surface area contributed by atoms with E-state index in [0.29, 0.717) is 25.8 Å². The molecular weight excluding hydrogens is 616 g/mol. The molecule has 0 aromatic heterocycles. The number of imide groups is 1. The maximum Gasteiger partial charge on any atom is 0.293 e. The number of rotatable bonds is 6. The standard InChI is InChI=1S/C24H14Br2ClF2NO3S/c25-16-8-13(9-17(26)22(16)33-12-14-4-1-2-6-19(14)28)10-21-23(31)30(24(32)34-21)11-15-18(27)5-3-7-20(15)29/h1-10H,11-12H2/b21-10+. The van der Waals surface area contributed by atoms with Crippen molar-refractivity contribution in [2.75, 3.05) is 0 Å². The molecule has 1 aliphatic rings. The van der Waals surface area contributed by atoms with E-state index in [1.165, 1.54) is 24.3 Å².